The molecule has 2 rings (SSSR count). The smallest absolute Gasteiger partial charge is 0.251 e. The summed E-state index contributed by atoms with van der Waals surface area (Å²) in [4.78, 5) is 12.4. The summed E-state index contributed by atoms with van der Waals surface area (Å²) in [5.74, 6) is 0.0371. The summed E-state index contributed by atoms with van der Waals surface area (Å²) < 4.78 is 0. The first-order valence-electron chi connectivity index (χ1n) is 7.75. The molecule has 0 saturated heterocycles. The second-order valence-electron chi connectivity index (χ2n) is 6.62. The van der Waals surface area contributed by atoms with Crippen LogP contribution in [0.4, 0.5) is 0 Å². The fourth-order valence-corrected chi connectivity index (χ4v) is 2.66. The van der Waals surface area contributed by atoms with E-state index in [0.717, 1.165) is 37.1 Å². The molecule has 0 spiro atoms. The Morgan fingerprint density at radius 1 is 1.29 bits per heavy atom. The number of nitrogens with one attached hydrogen (secondary N) is 2. The van der Waals surface area contributed by atoms with Gasteiger partial charge in [0.05, 0.1) is 0 Å². The minimum absolute atomic E-state index is 0.0223. The number of hydrogen-bond acceptors (Lipinski definition) is 2. The normalized spacial score (nSPS) is 15.5. The number of hydrogen-bond donors (Lipinski definition) is 2. The molecular weight excluding hydrogens is 260 g/mol. The van der Waals surface area contributed by atoms with Gasteiger partial charge in [-0.25, -0.2) is 0 Å². The van der Waals surface area contributed by atoms with Crippen LogP contribution in [0.3, 0.4) is 0 Å². The lowest BCUT2D eigenvalue weighted by molar-refractivity contribution is 0.0952. The average molecular weight is 286 g/mol. The molecule has 1 aliphatic rings. The molecule has 0 atom stereocenters. The van der Waals surface area contributed by atoms with Gasteiger partial charge < -0.3 is 10.6 Å². The van der Waals surface area contributed by atoms with E-state index in [0.29, 0.717) is 6.54 Å². The maximum Gasteiger partial charge on any atom is 0.251 e. The quantitative estimate of drug-likeness (QED) is 0.835. The van der Waals surface area contributed by atoms with Gasteiger partial charge in [-0.2, -0.15) is 0 Å². The van der Waals surface area contributed by atoms with E-state index >= 15 is 0 Å². The van der Waals surface area contributed by atoms with Crippen molar-refractivity contribution in [3.05, 3.63) is 47.0 Å². The second-order valence-corrected chi connectivity index (χ2v) is 6.62. The topological polar surface area (TPSA) is 41.1 Å². The molecule has 0 bridgehead atoms. The summed E-state index contributed by atoms with van der Waals surface area (Å²) in [6, 6.07) is 7.89. The highest BCUT2D eigenvalue weighted by atomic mass is 16.1. The Balaban J connectivity index is 1.96. The van der Waals surface area contributed by atoms with Crippen LogP contribution < -0.4 is 10.6 Å². The van der Waals surface area contributed by atoms with Crippen LogP contribution in [0.2, 0.25) is 0 Å². The Morgan fingerprint density at radius 3 is 2.71 bits per heavy atom. The molecular formula is C18H26N2O. The largest absolute Gasteiger partial charge is 0.352 e. The lowest BCUT2D eigenvalue weighted by Crippen LogP contribution is -2.29. The van der Waals surface area contributed by atoms with Crippen molar-refractivity contribution in [3.63, 3.8) is 0 Å². The van der Waals surface area contributed by atoms with Gasteiger partial charge in [0, 0.05) is 18.7 Å². The molecule has 0 aliphatic carbocycles. The zero-order chi connectivity index (χ0) is 15.3. The number of carbonyl (C=O) groups is 1. The van der Waals surface area contributed by atoms with Crippen LogP contribution >= 0.6 is 0 Å². The molecule has 3 nitrogen and oxygen atoms in total. The van der Waals surface area contributed by atoms with Gasteiger partial charge in [-0.1, -0.05) is 50.6 Å². The van der Waals surface area contributed by atoms with Gasteiger partial charge in [0.25, 0.3) is 5.91 Å². The van der Waals surface area contributed by atoms with Gasteiger partial charge in [0.15, 0.2) is 0 Å². The summed E-state index contributed by atoms with van der Waals surface area (Å²) in [5, 5.41) is 6.36. The Morgan fingerprint density at radius 2 is 2.05 bits per heavy atom. The molecule has 0 unspecified atom stereocenters. The molecule has 1 aliphatic heterocycles. The summed E-state index contributed by atoms with van der Waals surface area (Å²) in [6.45, 7) is 9.13. The van der Waals surface area contributed by atoms with Crippen LogP contribution in [0.15, 0.2) is 35.9 Å². The first kappa shape index (κ1) is 15.8. The first-order valence-corrected chi connectivity index (χ1v) is 7.75. The lowest BCUT2D eigenvalue weighted by atomic mass is 9.83. The molecule has 0 fully saturated rings. The summed E-state index contributed by atoms with van der Waals surface area (Å²) in [5.41, 5.74) is 3.32. The van der Waals surface area contributed by atoms with E-state index in [4.69, 9.17) is 0 Å². The summed E-state index contributed by atoms with van der Waals surface area (Å²) in [6.07, 6.45) is 4.28. The highest BCUT2D eigenvalue weighted by molar-refractivity contribution is 5.96. The minimum Gasteiger partial charge on any atom is -0.352 e. The van der Waals surface area contributed by atoms with Crippen molar-refractivity contribution in [3.8, 4) is 0 Å². The van der Waals surface area contributed by atoms with Gasteiger partial charge in [-0.3, -0.25) is 4.79 Å². The molecule has 2 N–H and O–H groups in total. The van der Waals surface area contributed by atoms with E-state index in [2.05, 4.69) is 37.5 Å². The van der Waals surface area contributed by atoms with E-state index in [9.17, 15) is 4.79 Å². The molecule has 21 heavy (non-hydrogen) atoms. The molecule has 0 saturated carbocycles. The highest BCUT2D eigenvalue weighted by Gasteiger charge is 2.20. The number of carbonyl (C=O) groups excluding carboxylic acids is 1. The SMILES string of the molecule is CC(C)(C)c1ccccc1C(=O)NCCC1=CCNCC1. The predicted molar refractivity (Wildman–Crippen MR) is 87.7 cm³/mol. The zero-order valence-electron chi connectivity index (χ0n) is 13.3. The van der Waals surface area contributed by atoms with Crippen molar-refractivity contribution in [2.45, 2.75) is 39.0 Å². The zero-order valence-corrected chi connectivity index (χ0v) is 13.3. The molecule has 0 radical (unpaired) electrons. The maximum atomic E-state index is 12.4. The fraction of sp³-hybridized carbons (Fsp3) is 0.500. The second kappa shape index (κ2) is 6.90. The van der Waals surface area contributed by atoms with Crippen molar-refractivity contribution < 1.29 is 4.79 Å². The molecule has 1 aromatic rings. The van der Waals surface area contributed by atoms with Crippen LogP contribution in [0.25, 0.3) is 0 Å². The van der Waals surface area contributed by atoms with E-state index in [1.165, 1.54) is 5.57 Å². The highest BCUT2D eigenvalue weighted by Crippen LogP contribution is 2.25. The van der Waals surface area contributed by atoms with E-state index in [1.807, 2.05) is 24.3 Å². The average Bonchev–Trinajstić information content (AvgIpc) is 2.47. The third-order valence-electron chi connectivity index (χ3n) is 3.87. The standard InChI is InChI=1S/C18H26N2O/c1-18(2,3)16-7-5-4-6-15(16)17(21)20-13-10-14-8-11-19-12-9-14/h4-8,19H,9-13H2,1-3H3,(H,20,21). The van der Waals surface area contributed by atoms with Crippen LogP contribution in [0.5, 0.6) is 0 Å². The van der Waals surface area contributed by atoms with Crippen molar-refractivity contribution in [1.29, 1.82) is 0 Å². The van der Waals surface area contributed by atoms with Gasteiger partial charge >= 0.3 is 0 Å². The van der Waals surface area contributed by atoms with Crippen LogP contribution in [0, 0.1) is 0 Å². The molecule has 0 aromatic heterocycles. The molecule has 1 aromatic carbocycles. The van der Waals surface area contributed by atoms with Gasteiger partial charge in [0.2, 0.25) is 0 Å². The van der Waals surface area contributed by atoms with Gasteiger partial charge in [0.1, 0.15) is 0 Å². The molecule has 3 heteroatoms. The third kappa shape index (κ3) is 4.43. The Kier molecular flexibility index (Phi) is 5.18. The predicted octanol–water partition coefficient (Wildman–Crippen LogP) is 3.02. The van der Waals surface area contributed by atoms with E-state index in [-0.39, 0.29) is 11.3 Å². The van der Waals surface area contributed by atoms with Crippen LogP contribution in [0.1, 0.15) is 49.5 Å². The Labute approximate surface area is 127 Å². The van der Waals surface area contributed by atoms with Crippen LogP contribution in [-0.4, -0.2) is 25.5 Å². The molecule has 114 valence electrons. The first-order chi connectivity index (χ1) is 9.98. The summed E-state index contributed by atoms with van der Waals surface area (Å²) in [7, 11) is 0. The van der Waals surface area contributed by atoms with Crippen LogP contribution in [-0.2, 0) is 5.41 Å². The van der Waals surface area contributed by atoms with Gasteiger partial charge in [-0.15, -0.1) is 0 Å². The number of benzene rings is 1. The Bertz CT molecular complexity index is 526. The Hall–Kier alpha value is -1.61. The summed E-state index contributed by atoms with van der Waals surface area (Å²) >= 11 is 0. The van der Waals surface area contributed by atoms with Crippen molar-refractivity contribution in [2.24, 2.45) is 0 Å². The van der Waals surface area contributed by atoms with E-state index < -0.39 is 0 Å². The van der Waals surface area contributed by atoms with Gasteiger partial charge in [-0.05, 0) is 36.4 Å². The number of rotatable bonds is 4. The van der Waals surface area contributed by atoms with Crippen molar-refractivity contribution in [2.75, 3.05) is 19.6 Å². The minimum atomic E-state index is -0.0223. The molecule has 1 amide bonds. The monoisotopic (exact) mass is 286 g/mol. The number of amides is 1. The van der Waals surface area contributed by atoms with Crippen molar-refractivity contribution >= 4 is 5.91 Å². The third-order valence-corrected chi connectivity index (χ3v) is 3.87. The van der Waals surface area contributed by atoms with Crippen molar-refractivity contribution in [1.82, 2.24) is 10.6 Å². The van der Waals surface area contributed by atoms with E-state index in [1.54, 1.807) is 0 Å². The maximum absolute atomic E-state index is 12.4. The lowest BCUT2D eigenvalue weighted by Gasteiger charge is -2.22. The fourth-order valence-electron chi connectivity index (χ4n) is 2.66. The molecule has 1 heterocycles.